The number of carbonyl (C=O) groups excluding carboxylic acids is 6. The third-order valence-corrected chi connectivity index (χ3v) is 7.24. The fraction of sp³-hybridized carbons (Fsp3) is 0.774. The van der Waals surface area contributed by atoms with Crippen LogP contribution in [0.15, 0.2) is 4.99 Å². The molecule has 2 fully saturated rings. The lowest BCUT2D eigenvalue weighted by Crippen LogP contribution is -2.51. The minimum atomic E-state index is -0.487. The number of aliphatic imine (C=N–C) groups is 1. The van der Waals surface area contributed by atoms with E-state index in [1.807, 2.05) is 53.5 Å². The Hall–Kier alpha value is -2.51. The second-order valence-corrected chi connectivity index (χ2v) is 10.6. The monoisotopic (exact) mass is 616 g/mol. The molecule has 2 aliphatic heterocycles. The van der Waals surface area contributed by atoms with Crippen molar-refractivity contribution in [2.24, 2.45) is 10.7 Å². The smallest absolute Gasteiger partial charge is 0.153 e. The standard InChI is InChI=1S/C9H17NO2.C8H15NO2.C6H11NO.C4H9NO.2C2H4O/c1-6(11)9(4)7(2)12-8(3)10(9)5;1-5(10)8(4)6(2)11-7(3)9-8;1-4-7-5(2)6(3)8;1-3(5)4(2)6;2*1-2-3/h7-8H,1-5H3;6-7,9H,1-4H3;4-5H,1-3H3;3H,5H2,1-2H3;2*2H,1H3. The van der Waals surface area contributed by atoms with Crippen molar-refractivity contribution in [3.05, 3.63) is 0 Å². The second-order valence-electron chi connectivity index (χ2n) is 10.6. The number of hydrogen-bond donors (Lipinski definition) is 2. The summed E-state index contributed by atoms with van der Waals surface area (Å²) in [6.45, 7) is 25.9. The quantitative estimate of drug-likeness (QED) is 0.343. The molecule has 8 unspecified atom stereocenters. The lowest BCUT2D eigenvalue weighted by atomic mass is 9.91. The Morgan fingerprint density at radius 1 is 0.837 bits per heavy atom. The number of rotatable bonds is 5. The van der Waals surface area contributed by atoms with Gasteiger partial charge in [-0.1, -0.05) is 0 Å². The molecule has 43 heavy (non-hydrogen) atoms. The van der Waals surface area contributed by atoms with Gasteiger partial charge in [-0.2, -0.15) is 0 Å². The van der Waals surface area contributed by atoms with Crippen LogP contribution in [-0.2, 0) is 38.2 Å². The Bertz CT molecular complexity index is 889. The van der Waals surface area contributed by atoms with Gasteiger partial charge in [-0.05, 0) is 117 Å². The summed E-state index contributed by atoms with van der Waals surface area (Å²) in [4.78, 5) is 66.5. The summed E-state index contributed by atoms with van der Waals surface area (Å²) < 4.78 is 11.0. The van der Waals surface area contributed by atoms with Crippen molar-refractivity contribution in [1.82, 2.24) is 10.2 Å². The molecule has 0 amide bonds. The van der Waals surface area contributed by atoms with E-state index in [9.17, 15) is 19.2 Å². The van der Waals surface area contributed by atoms with Crippen molar-refractivity contribution in [1.29, 1.82) is 0 Å². The van der Waals surface area contributed by atoms with Gasteiger partial charge < -0.3 is 24.8 Å². The third-order valence-electron chi connectivity index (χ3n) is 7.24. The van der Waals surface area contributed by atoms with E-state index in [-0.39, 0.29) is 59.9 Å². The maximum Gasteiger partial charge on any atom is 0.153 e. The van der Waals surface area contributed by atoms with E-state index in [1.165, 1.54) is 27.7 Å². The highest BCUT2D eigenvalue weighted by atomic mass is 16.5. The molecule has 2 aliphatic rings. The van der Waals surface area contributed by atoms with Crippen molar-refractivity contribution >= 4 is 41.9 Å². The molecule has 0 spiro atoms. The van der Waals surface area contributed by atoms with Gasteiger partial charge >= 0.3 is 0 Å². The highest BCUT2D eigenvalue weighted by Gasteiger charge is 2.49. The molecule has 12 nitrogen and oxygen atoms in total. The zero-order valence-electron chi connectivity index (χ0n) is 29.4. The Morgan fingerprint density at radius 3 is 1.35 bits per heavy atom. The summed E-state index contributed by atoms with van der Waals surface area (Å²) >= 11 is 0. The fourth-order valence-electron chi connectivity index (χ4n) is 3.45. The number of hydrogen-bond acceptors (Lipinski definition) is 12. The van der Waals surface area contributed by atoms with Crippen LogP contribution >= 0.6 is 0 Å². The van der Waals surface area contributed by atoms with Crippen LogP contribution in [0.1, 0.15) is 104 Å². The molecule has 8 atom stereocenters. The van der Waals surface area contributed by atoms with Crippen LogP contribution in [0.5, 0.6) is 0 Å². The van der Waals surface area contributed by atoms with Crippen molar-refractivity contribution < 1.29 is 38.2 Å². The molecule has 2 rings (SSSR count). The largest absolute Gasteiger partial charge is 0.358 e. The Balaban J connectivity index is -0.000000227. The molecule has 3 N–H and O–H groups in total. The predicted octanol–water partition coefficient (Wildman–Crippen LogP) is 3.11. The minimum absolute atomic E-state index is 0.0149. The van der Waals surface area contributed by atoms with Crippen LogP contribution in [0, 0.1) is 0 Å². The number of nitrogens with two attached hydrogens (primary N) is 1. The molecule has 0 bridgehead atoms. The Labute approximate surface area is 259 Å². The normalized spacial score (nSPS) is 28.7. The lowest BCUT2D eigenvalue weighted by molar-refractivity contribution is -0.127. The van der Waals surface area contributed by atoms with E-state index in [2.05, 4.69) is 10.3 Å². The molecule has 0 aromatic carbocycles. The van der Waals surface area contributed by atoms with Gasteiger partial charge in [0.15, 0.2) is 17.3 Å². The van der Waals surface area contributed by atoms with E-state index < -0.39 is 11.1 Å². The molecule has 0 aromatic heterocycles. The first-order chi connectivity index (χ1) is 19.5. The van der Waals surface area contributed by atoms with E-state index in [0.717, 1.165) is 12.6 Å². The van der Waals surface area contributed by atoms with Crippen molar-refractivity contribution in [2.45, 2.75) is 152 Å². The van der Waals surface area contributed by atoms with Gasteiger partial charge in [-0.3, -0.25) is 34.4 Å². The number of carbonyl (C=O) groups is 6. The molecule has 0 saturated carbocycles. The number of ketones is 4. The van der Waals surface area contributed by atoms with Gasteiger partial charge in [-0.15, -0.1) is 0 Å². The van der Waals surface area contributed by atoms with E-state index in [1.54, 1.807) is 40.8 Å². The van der Waals surface area contributed by atoms with E-state index in [0.29, 0.717) is 0 Å². The number of aldehydes is 2. The second kappa shape index (κ2) is 23.9. The van der Waals surface area contributed by atoms with Gasteiger partial charge in [0.05, 0.1) is 18.2 Å². The van der Waals surface area contributed by atoms with Gasteiger partial charge in [0.1, 0.15) is 47.9 Å². The number of likely N-dealkylation sites (N-methyl/N-ethyl adjacent to an activating group) is 1. The first-order valence-corrected chi connectivity index (χ1v) is 14.4. The average molecular weight is 617 g/mol. The molecule has 2 saturated heterocycles. The summed E-state index contributed by atoms with van der Waals surface area (Å²) in [5.41, 5.74) is 4.15. The highest BCUT2D eigenvalue weighted by molar-refractivity contribution is 5.87. The number of nitrogens with one attached hydrogen (secondary N) is 1. The van der Waals surface area contributed by atoms with Gasteiger partial charge in [0, 0.05) is 0 Å². The topological polar surface area (TPSA) is 175 Å². The van der Waals surface area contributed by atoms with Crippen LogP contribution in [0.4, 0.5) is 0 Å². The molecular formula is C31H60N4O8. The molecule has 252 valence electrons. The van der Waals surface area contributed by atoms with Crippen LogP contribution < -0.4 is 11.1 Å². The molecule has 0 radical (unpaired) electrons. The summed E-state index contributed by atoms with van der Waals surface area (Å²) in [6, 6.07) is -0.440. The molecule has 0 aliphatic carbocycles. The average Bonchev–Trinajstić information content (AvgIpc) is 3.27. The van der Waals surface area contributed by atoms with Crippen molar-refractivity contribution in [3.63, 3.8) is 0 Å². The van der Waals surface area contributed by atoms with E-state index >= 15 is 0 Å². The van der Waals surface area contributed by atoms with Crippen LogP contribution in [0.3, 0.4) is 0 Å². The third kappa shape index (κ3) is 18.0. The highest BCUT2D eigenvalue weighted by Crippen LogP contribution is 2.32. The van der Waals surface area contributed by atoms with Crippen molar-refractivity contribution in [2.75, 3.05) is 7.05 Å². The maximum atomic E-state index is 11.4. The van der Waals surface area contributed by atoms with Crippen LogP contribution in [-0.4, -0.2) is 102 Å². The van der Waals surface area contributed by atoms with Crippen LogP contribution in [0.2, 0.25) is 0 Å². The molecule has 12 heteroatoms. The van der Waals surface area contributed by atoms with Gasteiger partial charge in [0.25, 0.3) is 0 Å². The lowest BCUT2D eigenvalue weighted by Gasteiger charge is -2.31. The molecule has 0 aromatic rings. The SMILES string of the molecule is CC(=O)C(C)N.CC(=O)C1(C)C(C)OC(C)N1C.CC(=O)C1(C)NC(C)OC1C.CC=NC(C)C(C)=O.CC=O.CC=O. The fourth-order valence-corrected chi connectivity index (χ4v) is 3.45. The zero-order chi connectivity index (χ0) is 35.3. The number of ether oxygens (including phenoxy) is 2. The number of nitrogens with zero attached hydrogens (tertiary/aromatic N) is 2. The molecule has 2 heterocycles. The summed E-state index contributed by atoms with van der Waals surface area (Å²) in [5.74, 6) is 0.453. The first-order valence-electron chi connectivity index (χ1n) is 14.4. The summed E-state index contributed by atoms with van der Waals surface area (Å²) in [6.07, 6.45) is 3.12. The van der Waals surface area contributed by atoms with Gasteiger partial charge in [0.2, 0.25) is 0 Å². The Morgan fingerprint density at radius 2 is 1.23 bits per heavy atom. The maximum absolute atomic E-state index is 11.4. The summed E-state index contributed by atoms with van der Waals surface area (Å²) in [5, 5.41) is 3.11. The van der Waals surface area contributed by atoms with Crippen LogP contribution in [0.25, 0.3) is 0 Å². The number of Topliss-reactive ketones (excluding diaryl/α,β-unsaturated/α-hetero) is 4. The molecular weight excluding hydrogens is 556 g/mol. The van der Waals surface area contributed by atoms with E-state index in [4.69, 9.17) is 24.8 Å². The minimum Gasteiger partial charge on any atom is -0.358 e. The van der Waals surface area contributed by atoms with Crippen molar-refractivity contribution in [3.8, 4) is 0 Å². The summed E-state index contributed by atoms with van der Waals surface area (Å²) in [7, 11) is 1.93. The first kappa shape index (κ1) is 47.4. The zero-order valence-corrected chi connectivity index (χ0v) is 29.4. The Kier molecular flexibility index (Phi) is 26.3. The van der Waals surface area contributed by atoms with Gasteiger partial charge in [-0.25, -0.2) is 0 Å². The predicted molar refractivity (Wildman–Crippen MR) is 171 cm³/mol.